The van der Waals surface area contributed by atoms with Gasteiger partial charge < -0.3 is 14.2 Å². The molecule has 0 radical (unpaired) electrons. The maximum absolute atomic E-state index is 12.3. The fourth-order valence-corrected chi connectivity index (χ4v) is 3.06. The predicted molar refractivity (Wildman–Crippen MR) is 89.7 cm³/mol. The average molecular weight is 374 g/mol. The largest absolute Gasteiger partial charge is 0.486 e. The van der Waals surface area contributed by atoms with Crippen LogP contribution in [0.25, 0.3) is 0 Å². The number of esters is 1. The van der Waals surface area contributed by atoms with Crippen molar-refractivity contribution in [2.24, 2.45) is 0 Å². The van der Waals surface area contributed by atoms with E-state index in [1.54, 1.807) is 24.3 Å². The van der Waals surface area contributed by atoms with Crippen LogP contribution in [-0.2, 0) is 4.74 Å². The third kappa shape index (κ3) is 2.66. The van der Waals surface area contributed by atoms with Gasteiger partial charge in [-0.05, 0) is 24.3 Å². The number of hydrogen-bond donors (Lipinski definition) is 0. The molecule has 132 valence electrons. The van der Waals surface area contributed by atoms with Crippen molar-refractivity contribution < 1.29 is 28.6 Å². The Labute approximate surface area is 153 Å². The van der Waals surface area contributed by atoms with E-state index >= 15 is 0 Å². The van der Waals surface area contributed by atoms with Gasteiger partial charge in [-0.2, -0.15) is 0 Å². The molecule has 0 unspecified atom stereocenters. The van der Waals surface area contributed by atoms with Crippen molar-refractivity contribution in [3.8, 4) is 11.5 Å². The summed E-state index contributed by atoms with van der Waals surface area (Å²) in [5.74, 6) is -1.02. The molecule has 2 aromatic rings. The second-order valence-corrected chi connectivity index (χ2v) is 6.03. The molecule has 2 aliphatic rings. The van der Waals surface area contributed by atoms with Crippen LogP contribution < -0.4 is 9.47 Å². The fraction of sp³-hybridized carbons (Fsp3) is 0.167. The summed E-state index contributed by atoms with van der Waals surface area (Å²) in [4.78, 5) is 37.7. The van der Waals surface area contributed by atoms with E-state index in [9.17, 15) is 14.4 Å². The highest BCUT2D eigenvalue weighted by Crippen LogP contribution is 2.38. The Morgan fingerprint density at radius 1 is 1.08 bits per heavy atom. The summed E-state index contributed by atoms with van der Waals surface area (Å²) in [5.41, 5.74) is 0.711. The van der Waals surface area contributed by atoms with Gasteiger partial charge in [-0.15, -0.1) is 0 Å². The zero-order chi connectivity index (χ0) is 18.3. The summed E-state index contributed by atoms with van der Waals surface area (Å²) in [7, 11) is 0. The molecule has 0 spiro atoms. The van der Waals surface area contributed by atoms with E-state index in [2.05, 4.69) is 0 Å². The Balaban J connectivity index is 1.49. The Morgan fingerprint density at radius 2 is 1.73 bits per heavy atom. The fourth-order valence-electron chi connectivity index (χ4n) is 2.79. The number of amides is 2. The minimum absolute atomic E-state index is 0.135. The van der Waals surface area contributed by atoms with E-state index < -0.39 is 24.5 Å². The Morgan fingerprint density at radius 3 is 2.42 bits per heavy atom. The molecule has 0 saturated heterocycles. The lowest BCUT2D eigenvalue weighted by molar-refractivity contribution is 0.0227. The summed E-state index contributed by atoms with van der Waals surface area (Å²) in [6.07, 6.45) is 0. The van der Waals surface area contributed by atoms with E-state index in [-0.39, 0.29) is 21.7 Å². The molecule has 2 aliphatic heterocycles. The average Bonchev–Trinajstić information content (AvgIpc) is 2.90. The van der Waals surface area contributed by atoms with Crippen LogP contribution in [0.15, 0.2) is 36.4 Å². The van der Waals surface area contributed by atoms with Crippen molar-refractivity contribution in [2.75, 3.05) is 19.9 Å². The molecule has 2 aromatic carbocycles. The second kappa shape index (κ2) is 6.34. The minimum atomic E-state index is -0.736. The first-order valence-electron chi connectivity index (χ1n) is 7.78. The van der Waals surface area contributed by atoms with Gasteiger partial charge in [0.05, 0.1) is 21.7 Å². The number of rotatable bonds is 3. The molecule has 8 heteroatoms. The number of ether oxygens (including phenoxy) is 3. The maximum atomic E-state index is 12.3. The molecule has 2 amide bonds. The summed E-state index contributed by atoms with van der Waals surface area (Å²) < 4.78 is 15.9. The molecule has 7 nitrogen and oxygen atoms in total. The number of imide groups is 1. The topological polar surface area (TPSA) is 82.1 Å². The van der Waals surface area contributed by atoms with E-state index in [0.717, 1.165) is 4.90 Å². The normalized spacial score (nSPS) is 15.0. The molecule has 26 heavy (non-hydrogen) atoms. The van der Waals surface area contributed by atoms with Gasteiger partial charge in [0.2, 0.25) is 0 Å². The molecular weight excluding hydrogens is 362 g/mol. The first-order chi connectivity index (χ1) is 12.6. The highest BCUT2D eigenvalue weighted by atomic mass is 35.5. The highest BCUT2D eigenvalue weighted by molar-refractivity contribution is 6.32. The molecule has 0 saturated carbocycles. The quantitative estimate of drug-likeness (QED) is 0.607. The van der Waals surface area contributed by atoms with Crippen LogP contribution in [0.5, 0.6) is 11.5 Å². The van der Waals surface area contributed by atoms with Gasteiger partial charge in [0.25, 0.3) is 11.8 Å². The maximum Gasteiger partial charge on any atom is 0.340 e. The zero-order valence-corrected chi connectivity index (χ0v) is 14.1. The van der Waals surface area contributed by atoms with Gasteiger partial charge in [-0.25, -0.2) is 9.69 Å². The van der Waals surface area contributed by atoms with Gasteiger partial charge in [0.15, 0.2) is 18.2 Å². The third-order valence-electron chi connectivity index (χ3n) is 4.04. The number of benzene rings is 2. The van der Waals surface area contributed by atoms with Crippen molar-refractivity contribution in [3.05, 3.63) is 58.1 Å². The summed E-state index contributed by atoms with van der Waals surface area (Å²) in [6.45, 7) is 0.227. The monoisotopic (exact) mass is 373 g/mol. The van der Waals surface area contributed by atoms with E-state index in [4.69, 9.17) is 25.8 Å². The van der Waals surface area contributed by atoms with Gasteiger partial charge in [0.1, 0.15) is 13.2 Å². The van der Waals surface area contributed by atoms with Gasteiger partial charge in [0, 0.05) is 0 Å². The number of fused-ring (bicyclic) bond motifs is 2. The lowest BCUT2D eigenvalue weighted by atomic mass is 10.1. The van der Waals surface area contributed by atoms with Gasteiger partial charge in [-0.3, -0.25) is 9.59 Å². The number of carbonyl (C=O) groups is 3. The van der Waals surface area contributed by atoms with Crippen LogP contribution in [0.2, 0.25) is 5.02 Å². The summed E-state index contributed by atoms with van der Waals surface area (Å²) >= 11 is 6.09. The highest BCUT2D eigenvalue weighted by Gasteiger charge is 2.36. The molecule has 2 heterocycles. The minimum Gasteiger partial charge on any atom is -0.486 e. The lowest BCUT2D eigenvalue weighted by Gasteiger charge is -2.20. The van der Waals surface area contributed by atoms with Gasteiger partial charge in [-0.1, -0.05) is 23.7 Å². The van der Waals surface area contributed by atoms with Crippen molar-refractivity contribution >= 4 is 29.4 Å². The molecule has 0 aromatic heterocycles. The molecular formula is C18H12ClNO6. The molecule has 0 aliphatic carbocycles. The molecule has 0 bridgehead atoms. The van der Waals surface area contributed by atoms with E-state index in [0.29, 0.717) is 24.7 Å². The van der Waals surface area contributed by atoms with E-state index in [1.165, 1.54) is 12.1 Å². The lowest BCUT2D eigenvalue weighted by Crippen LogP contribution is -2.33. The van der Waals surface area contributed by atoms with Crippen LogP contribution in [0.3, 0.4) is 0 Å². The Bertz CT molecular complexity index is 906. The molecule has 4 rings (SSSR count). The molecule has 0 fully saturated rings. The van der Waals surface area contributed by atoms with Crippen LogP contribution >= 0.6 is 11.6 Å². The number of hydrogen-bond acceptors (Lipinski definition) is 6. The van der Waals surface area contributed by atoms with Crippen molar-refractivity contribution in [1.29, 1.82) is 0 Å². The van der Waals surface area contributed by atoms with Crippen LogP contribution in [0.4, 0.5) is 0 Å². The summed E-state index contributed by atoms with van der Waals surface area (Å²) in [5, 5.41) is 0.217. The van der Waals surface area contributed by atoms with Crippen molar-refractivity contribution in [2.45, 2.75) is 0 Å². The van der Waals surface area contributed by atoms with Crippen molar-refractivity contribution in [3.63, 3.8) is 0 Å². The Kier molecular flexibility index (Phi) is 4.00. The van der Waals surface area contributed by atoms with Gasteiger partial charge >= 0.3 is 5.97 Å². The van der Waals surface area contributed by atoms with Crippen molar-refractivity contribution in [1.82, 2.24) is 4.90 Å². The summed E-state index contributed by atoms with van der Waals surface area (Å²) in [6, 6.07) is 9.27. The Hall–Kier alpha value is -3.06. The smallest absolute Gasteiger partial charge is 0.340 e. The zero-order valence-electron chi connectivity index (χ0n) is 13.4. The van der Waals surface area contributed by atoms with Crippen LogP contribution in [-0.4, -0.2) is 42.6 Å². The molecule has 0 N–H and O–H groups in total. The third-order valence-corrected chi connectivity index (χ3v) is 4.32. The van der Waals surface area contributed by atoms with Crippen LogP contribution in [0.1, 0.15) is 31.1 Å². The standard InChI is InChI=1S/C18H12ClNO6/c19-13-7-10(8-14-15(13)25-6-5-24-14)18(23)26-9-20-16(21)11-3-1-2-4-12(11)17(20)22/h1-4,7-8H,5-6,9H2. The first kappa shape index (κ1) is 16.4. The van der Waals surface area contributed by atoms with Crippen LogP contribution in [0, 0.1) is 0 Å². The molecule has 0 atom stereocenters. The van der Waals surface area contributed by atoms with E-state index in [1.807, 2.05) is 0 Å². The number of halogens is 1. The number of carbonyl (C=O) groups excluding carboxylic acids is 3. The number of nitrogens with zero attached hydrogens (tertiary/aromatic N) is 1. The SMILES string of the molecule is O=C(OCN1C(=O)c2ccccc2C1=O)c1cc(Cl)c2c(c1)OCCO2. The first-order valence-corrected chi connectivity index (χ1v) is 8.15. The second-order valence-electron chi connectivity index (χ2n) is 5.63. The predicted octanol–water partition coefficient (Wildman–Crippen LogP) is 2.52.